The number of carbonyl (C=O) groups is 2. The fraction of sp³-hybridized carbons (Fsp3) is 0.312. The minimum absolute atomic E-state index is 0.0587. The van der Waals surface area contributed by atoms with Crippen LogP contribution in [0.2, 0.25) is 0 Å². The van der Waals surface area contributed by atoms with Crippen LogP contribution < -0.4 is 5.56 Å². The highest BCUT2D eigenvalue weighted by Gasteiger charge is 2.39. The summed E-state index contributed by atoms with van der Waals surface area (Å²) in [6.45, 7) is 1.49. The van der Waals surface area contributed by atoms with Gasteiger partial charge in [-0.15, -0.1) is 0 Å². The van der Waals surface area contributed by atoms with Crippen LogP contribution in [-0.2, 0) is 4.79 Å². The van der Waals surface area contributed by atoms with Crippen LogP contribution in [-0.4, -0.2) is 39.0 Å². The Morgan fingerprint density at radius 3 is 2.64 bits per heavy atom. The van der Waals surface area contributed by atoms with E-state index in [9.17, 15) is 19.5 Å². The smallest absolute Gasteiger partial charge is 0.326 e. The van der Waals surface area contributed by atoms with Crippen LogP contribution in [0.5, 0.6) is 0 Å². The molecule has 6 nitrogen and oxygen atoms in total. The van der Waals surface area contributed by atoms with Crippen molar-refractivity contribution in [2.75, 3.05) is 0 Å². The molecule has 0 saturated heterocycles. The number of rotatable bonds is 4. The van der Waals surface area contributed by atoms with Crippen molar-refractivity contribution in [3.63, 3.8) is 0 Å². The summed E-state index contributed by atoms with van der Waals surface area (Å²) in [5.74, 6) is -1.45. The number of H-pyrrole nitrogens is 1. The lowest BCUT2D eigenvalue weighted by molar-refractivity contribution is -0.141. The van der Waals surface area contributed by atoms with Crippen molar-refractivity contribution in [1.82, 2.24) is 9.88 Å². The first-order valence-electron chi connectivity index (χ1n) is 7.16. The van der Waals surface area contributed by atoms with E-state index in [0.717, 1.165) is 12.8 Å². The number of hydrogen-bond donors (Lipinski definition) is 2. The summed E-state index contributed by atoms with van der Waals surface area (Å²) in [5.41, 5.74) is 0.442. The molecule has 1 aromatic heterocycles. The van der Waals surface area contributed by atoms with Crippen molar-refractivity contribution in [2.45, 2.75) is 31.8 Å². The van der Waals surface area contributed by atoms with Gasteiger partial charge in [0, 0.05) is 23.0 Å². The Bertz CT molecular complexity index is 807. The second kappa shape index (κ2) is 5.29. The predicted molar refractivity (Wildman–Crippen MR) is 80.9 cm³/mol. The predicted octanol–water partition coefficient (Wildman–Crippen LogP) is 1.61. The maximum absolute atomic E-state index is 12.8. The molecule has 1 aliphatic carbocycles. The van der Waals surface area contributed by atoms with E-state index in [-0.39, 0.29) is 17.2 Å². The Hall–Kier alpha value is -2.63. The number of carboxylic acids is 1. The number of para-hydroxylation sites is 1. The first-order chi connectivity index (χ1) is 10.5. The zero-order valence-corrected chi connectivity index (χ0v) is 12.1. The number of benzene rings is 1. The second-order valence-electron chi connectivity index (χ2n) is 5.55. The fourth-order valence-electron chi connectivity index (χ4n) is 2.65. The van der Waals surface area contributed by atoms with Gasteiger partial charge in [-0.2, -0.15) is 0 Å². The van der Waals surface area contributed by atoms with Crippen molar-refractivity contribution in [1.29, 1.82) is 0 Å². The van der Waals surface area contributed by atoms with Crippen molar-refractivity contribution < 1.29 is 14.7 Å². The number of nitrogens with zero attached hydrogens (tertiary/aromatic N) is 1. The molecule has 1 saturated carbocycles. The summed E-state index contributed by atoms with van der Waals surface area (Å²) >= 11 is 0. The van der Waals surface area contributed by atoms with E-state index < -0.39 is 17.9 Å². The molecule has 1 fully saturated rings. The zero-order valence-electron chi connectivity index (χ0n) is 12.1. The molecule has 1 heterocycles. The highest BCUT2D eigenvalue weighted by Crippen LogP contribution is 2.31. The van der Waals surface area contributed by atoms with Gasteiger partial charge in [-0.1, -0.05) is 18.2 Å². The van der Waals surface area contributed by atoms with Gasteiger partial charge in [-0.05, 0) is 25.8 Å². The highest BCUT2D eigenvalue weighted by molar-refractivity contribution is 6.07. The van der Waals surface area contributed by atoms with Crippen molar-refractivity contribution in [3.05, 3.63) is 46.2 Å². The Balaban J connectivity index is 2.11. The number of pyridine rings is 1. The van der Waals surface area contributed by atoms with Crippen LogP contribution in [0, 0.1) is 0 Å². The van der Waals surface area contributed by atoms with Crippen LogP contribution >= 0.6 is 0 Å². The molecular formula is C16H16N2O4. The van der Waals surface area contributed by atoms with Gasteiger partial charge in [0.15, 0.2) is 0 Å². The molecule has 0 radical (unpaired) electrons. The number of aromatic amines is 1. The van der Waals surface area contributed by atoms with Crippen LogP contribution in [0.15, 0.2) is 35.1 Å². The Morgan fingerprint density at radius 2 is 2.00 bits per heavy atom. The summed E-state index contributed by atoms with van der Waals surface area (Å²) in [6.07, 6.45) is 1.59. The van der Waals surface area contributed by atoms with E-state index in [1.165, 1.54) is 17.9 Å². The number of aliphatic carboxylic acids is 1. The molecule has 3 rings (SSSR count). The van der Waals surface area contributed by atoms with E-state index in [4.69, 9.17) is 0 Å². The first kappa shape index (κ1) is 14.3. The van der Waals surface area contributed by atoms with Crippen LogP contribution in [0.4, 0.5) is 0 Å². The van der Waals surface area contributed by atoms with Gasteiger partial charge in [0.25, 0.3) is 5.91 Å². The van der Waals surface area contributed by atoms with Gasteiger partial charge < -0.3 is 15.0 Å². The van der Waals surface area contributed by atoms with E-state index in [1.807, 2.05) is 0 Å². The van der Waals surface area contributed by atoms with Gasteiger partial charge in [0.05, 0.1) is 5.56 Å². The number of carboxylic acid groups (broad SMARTS) is 1. The molecule has 1 aromatic carbocycles. The molecule has 0 bridgehead atoms. The SMILES string of the molecule is CC(C(=O)O)N(C(=O)c1cc(=O)[nH]c2ccccc12)C1CC1. The van der Waals surface area contributed by atoms with Crippen LogP contribution in [0.3, 0.4) is 0 Å². The Morgan fingerprint density at radius 1 is 1.32 bits per heavy atom. The molecule has 1 amide bonds. The average Bonchev–Trinajstić information content (AvgIpc) is 3.30. The summed E-state index contributed by atoms with van der Waals surface area (Å²) in [7, 11) is 0. The normalized spacial score (nSPS) is 15.5. The largest absolute Gasteiger partial charge is 0.480 e. The van der Waals surface area contributed by atoms with Gasteiger partial charge in [0.1, 0.15) is 6.04 Å². The van der Waals surface area contributed by atoms with Crippen molar-refractivity contribution in [3.8, 4) is 0 Å². The number of hydrogen-bond acceptors (Lipinski definition) is 3. The molecule has 114 valence electrons. The maximum atomic E-state index is 12.8. The molecule has 22 heavy (non-hydrogen) atoms. The molecule has 6 heteroatoms. The third kappa shape index (κ3) is 2.47. The topological polar surface area (TPSA) is 90.5 Å². The monoisotopic (exact) mass is 300 g/mol. The lowest BCUT2D eigenvalue weighted by atomic mass is 10.1. The van der Waals surface area contributed by atoms with Crippen LogP contribution in [0.25, 0.3) is 10.9 Å². The van der Waals surface area contributed by atoms with Gasteiger partial charge in [0.2, 0.25) is 5.56 Å². The van der Waals surface area contributed by atoms with Gasteiger partial charge >= 0.3 is 5.97 Å². The molecule has 1 aliphatic rings. The van der Waals surface area contributed by atoms with Crippen LogP contribution in [0.1, 0.15) is 30.1 Å². The summed E-state index contributed by atoms with van der Waals surface area (Å²) < 4.78 is 0. The molecular weight excluding hydrogens is 284 g/mol. The Kier molecular flexibility index (Phi) is 3.44. The first-order valence-corrected chi connectivity index (χ1v) is 7.16. The number of nitrogens with one attached hydrogen (secondary N) is 1. The number of fused-ring (bicyclic) bond motifs is 1. The van der Waals surface area contributed by atoms with E-state index in [1.54, 1.807) is 24.3 Å². The van der Waals surface area contributed by atoms with E-state index in [2.05, 4.69) is 4.98 Å². The fourth-order valence-corrected chi connectivity index (χ4v) is 2.65. The van der Waals surface area contributed by atoms with E-state index >= 15 is 0 Å². The maximum Gasteiger partial charge on any atom is 0.326 e. The molecule has 1 unspecified atom stereocenters. The Labute approximate surface area is 126 Å². The second-order valence-corrected chi connectivity index (χ2v) is 5.55. The lowest BCUT2D eigenvalue weighted by Crippen LogP contribution is -2.45. The summed E-state index contributed by atoms with van der Waals surface area (Å²) in [6, 6.07) is 7.28. The van der Waals surface area contributed by atoms with Crippen molar-refractivity contribution in [2.24, 2.45) is 0 Å². The highest BCUT2D eigenvalue weighted by atomic mass is 16.4. The quantitative estimate of drug-likeness (QED) is 0.897. The third-order valence-corrected chi connectivity index (χ3v) is 3.93. The van der Waals surface area contributed by atoms with Gasteiger partial charge in [-0.3, -0.25) is 9.59 Å². The summed E-state index contributed by atoms with van der Waals surface area (Å²) in [5, 5.41) is 9.85. The molecule has 2 N–H and O–H groups in total. The van der Waals surface area contributed by atoms with E-state index in [0.29, 0.717) is 10.9 Å². The molecule has 1 atom stereocenters. The summed E-state index contributed by atoms with van der Waals surface area (Å²) in [4.78, 5) is 40.0. The average molecular weight is 300 g/mol. The van der Waals surface area contributed by atoms with Gasteiger partial charge in [-0.25, -0.2) is 4.79 Å². The minimum Gasteiger partial charge on any atom is -0.480 e. The molecule has 2 aromatic rings. The number of aromatic nitrogens is 1. The third-order valence-electron chi connectivity index (χ3n) is 3.93. The number of amides is 1. The molecule has 0 aliphatic heterocycles. The lowest BCUT2D eigenvalue weighted by Gasteiger charge is -2.26. The minimum atomic E-state index is -1.05. The zero-order chi connectivity index (χ0) is 15.9. The van der Waals surface area contributed by atoms with Crippen molar-refractivity contribution >= 4 is 22.8 Å². The number of carbonyl (C=O) groups excluding carboxylic acids is 1. The standard InChI is InChI=1S/C16H16N2O4/c1-9(16(21)22)18(10-6-7-10)15(20)12-8-14(19)17-13-5-3-2-4-11(12)13/h2-5,8-10H,6-7H2,1H3,(H,17,19)(H,21,22). The molecule has 0 spiro atoms.